The third-order valence-electron chi connectivity index (χ3n) is 3.98. The Kier molecular flexibility index (Phi) is 4.76. The number of aryl methyl sites for hydroxylation is 2. The van der Waals surface area contributed by atoms with Gasteiger partial charge in [0.15, 0.2) is 5.13 Å². The Hall–Kier alpha value is -2.15. The molecular weight excluding hydrogens is 312 g/mol. The third-order valence-corrected chi connectivity index (χ3v) is 4.99. The van der Waals surface area contributed by atoms with Crippen LogP contribution >= 0.6 is 11.3 Å². The number of aromatic nitrogens is 2. The maximum atomic E-state index is 12.3. The summed E-state index contributed by atoms with van der Waals surface area (Å²) in [7, 11) is 0. The van der Waals surface area contributed by atoms with Crippen LogP contribution in [0.15, 0.2) is 34.6 Å². The van der Waals surface area contributed by atoms with Crippen LogP contribution < -0.4 is 10.5 Å². The second-order valence-corrected chi connectivity index (χ2v) is 6.46. The van der Waals surface area contributed by atoms with Gasteiger partial charge in [-0.05, 0) is 13.0 Å². The number of hydrogen-bond donors (Lipinski definition) is 0. The molecule has 0 N–H and O–H groups in total. The fraction of sp³-hybridized carbons (Fsp3) is 0.438. The minimum atomic E-state index is -0.0655. The number of hydrogen-bond acceptors (Lipinski definition) is 5. The third kappa shape index (κ3) is 3.79. The van der Waals surface area contributed by atoms with E-state index >= 15 is 0 Å². The normalized spacial score (nSPS) is 15.0. The van der Waals surface area contributed by atoms with Crippen LogP contribution in [0.25, 0.3) is 0 Å². The van der Waals surface area contributed by atoms with Crippen molar-refractivity contribution in [1.82, 2.24) is 14.5 Å². The number of nitrogens with zero attached hydrogens (tertiary/aromatic N) is 4. The fourth-order valence-electron chi connectivity index (χ4n) is 2.65. The van der Waals surface area contributed by atoms with Gasteiger partial charge >= 0.3 is 0 Å². The van der Waals surface area contributed by atoms with Crippen LogP contribution in [0.1, 0.15) is 12.1 Å². The molecule has 0 aliphatic carbocycles. The van der Waals surface area contributed by atoms with Crippen molar-refractivity contribution in [3.05, 3.63) is 45.8 Å². The van der Waals surface area contributed by atoms with E-state index in [1.165, 1.54) is 6.07 Å². The van der Waals surface area contributed by atoms with E-state index in [4.69, 9.17) is 0 Å². The van der Waals surface area contributed by atoms with E-state index in [2.05, 4.69) is 9.88 Å². The van der Waals surface area contributed by atoms with Crippen LogP contribution in [0, 0.1) is 6.92 Å². The van der Waals surface area contributed by atoms with E-state index in [1.807, 2.05) is 17.2 Å². The van der Waals surface area contributed by atoms with Gasteiger partial charge in [-0.1, -0.05) is 6.07 Å². The maximum absolute atomic E-state index is 12.3. The highest BCUT2D eigenvalue weighted by atomic mass is 32.1. The van der Waals surface area contributed by atoms with Crippen LogP contribution in [-0.4, -0.2) is 46.5 Å². The predicted molar refractivity (Wildman–Crippen MR) is 91.0 cm³/mol. The zero-order chi connectivity index (χ0) is 16.2. The van der Waals surface area contributed by atoms with Crippen LogP contribution in [0.5, 0.6) is 0 Å². The van der Waals surface area contributed by atoms with Crippen LogP contribution in [0.4, 0.5) is 5.13 Å². The molecule has 23 heavy (non-hydrogen) atoms. The summed E-state index contributed by atoms with van der Waals surface area (Å²) in [4.78, 5) is 32.5. The Bertz CT molecular complexity index is 731. The smallest absolute Gasteiger partial charge is 0.250 e. The molecule has 6 nitrogen and oxygen atoms in total. The fourth-order valence-corrected chi connectivity index (χ4v) is 3.51. The molecule has 7 heteroatoms. The molecule has 0 atom stereocenters. The van der Waals surface area contributed by atoms with Crippen molar-refractivity contribution in [1.29, 1.82) is 0 Å². The van der Waals surface area contributed by atoms with E-state index in [0.717, 1.165) is 23.9 Å². The highest BCUT2D eigenvalue weighted by molar-refractivity contribution is 7.13. The number of carbonyl (C=O) groups excluding carboxylic acids is 1. The lowest BCUT2D eigenvalue weighted by Crippen LogP contribution is -2.49. The molecular formula is C16H20N4O2S. The quantitative estimate of drug-likeness (QED) is 0.848. The summed E-state index contributed by atoms with van der Waals surface area (Å²) in [5.41, 5.74) is 0.973. The van der Waals surface area contributed by atoms with Crippen molar-refractivity contribution >= 4 is 22.4 Å². The molecule has 1 fully saturated rings. The summed E-state index contributed by atoms with van der Waals surface area (Å²) in [6.45, 7) is 5.46. The van der Waals surface area contributed by atoms with Gasteiger partial charge in [0.05, 0.1) is 5.69 Å². The van der Waals surface area contributed by atoms with E-state index in [-0.39, 0.29) is 11.5 Å². The summed E-state index contributed by atoms with van der Waals surface area (Å²) in [6, 6.07) is 5.03. The zero-order valence-corrected chi connectivity index (χ0v) is 14.0. The maximum Gasteiger partial charge on any atom is 0.250 e. The number of anilines is 1. The molecule has 1 amide bonds. The van der Waals surface area contributed by atoms with Gasteiger partial charge in [0.1, 0.15) is 0 Å². The largest absolute Gasteiger partial charge is 0.345 e. The number of amides is 1. The van der Waals surface area contributed by atoms with E-state index in [1.54, 1.807) is 34.2 Å². The van der Waals surface area contributed by atoms with Gasteiger partial charge in [-0.25, -0.2) is 4.98 Å². The van der Waals surface area contributed by atoms with Gasteiger partial charge in [0, 0.05) is 56.8 Å². The van der Waals surface area contributed by atoms with Crippen molar-refractivity contribution in [2.45, 2.75) is 19.9 Å². The van der Waals surface area contributed by atoms with Crippen molar-refractivity contribution in [3.8, 4) is 0 Å². The van der Waals surface area contributed by atoms with Crippen molar-refractivity contribution in [3.63, 3.8) is 0 Å². The van der Waals surface area contributed by atoms with Crippen LogP contribution in [-0.2, 0) is 11.3 Å². The SMILES string of the molecule is Cc1csc(N2CCN(C(=O)CCn3ccccc3=O)CC2)n1. The zero-order valence-electron chi connectivity index (χ0n) is 13.1. The molecule has 0 aromatic carbocycles. The van der Waals surface area contributed by atoms with Gasteiger partial charge < -0.3 is 14.4 Å². The van der Waals surface area contributed by atoms with Crippen molar-refractivity contribution < 1.29 is 4.79 Å². The second-order valence-electron chi connectivity index (χ2n) is 5.62. The Morgan fingerprint density at radius 2 is 2.04 bits per heavy atom. The minimum Gasteiger partial charge on any atom is -0.345 e. The van der Waals surface area contributed by atoms with E-state index < -0.39 is 0 Å². The molecule has 0 bridgehead atoms. The molecule has 3 heterocycles. The summed E-state index contributed by atoms with van der Waals surface area (Å²) < 4.78 is 1.58. The van der Waals surface area contributed by atoms with Gasteiger partial charge in [-0.3, -0.25) is 9.59 Å². The average Bonchev–Trinajstić information content (AvgIpc) is 3.00. The van der Waals surface area contributed by atoms with Crippen LogP contribution in [0.2, 0.25) is 0 Å². The van der Waals surface area contributed by atoms with Gasteiger partial charge in [0.25, 0.3) is 5.56 Å². The highest BCUT2D eigenvalue weighted by Gasteiger charge is 2.22. The molecule has 2 aromatic heterocycles. The lowest BCUT2D eigenvalue weighted by atomic mass is 10.3. The first-order chi connectivity index (χ1) is 11.1. The molecule has 1 aliphatic heterocycles. The Morgan fingerprint density at radius 1 is 1.26 bits per heavy atom. The van der Waals surface area contributed by atoms with E-state index in [0.29, 0.717) is 26.1 Å². The first kappa shape index (κ1) is 15.7. The number of pyridine rings is 1. The van der Waals surface area contributed by atoms with Gasteiger partial charge in [-0.15, -0.1) is 11.3 Å². The number of rotatable bonds is 4. The summed E-state index contributed by atoms with van der Waals surface area (Å²) >= 11 is 1.65. The van der Waals surface area contributed by atoms with Gasteiger partial charge in [-0.2, -0.15) is 0 Å². The Morgan fingerprint density at radius 3 is 2.70 bits per heavy atom. The molecule has 0 spiro atoms. The predicted octanol–water partition coefficient (Wildman–Crippen LogP) is 1.35. The molecule has 1 aliphatic rings. The first-order valence-corrected chi connectivity index (χ1v) is 8.62. The standard InChI is InChI=1S/C16H20N4O2S/c1-13-12-23-16(17-13)20-10-8-19(9-11-20)15(22)5-7-18-6-3-2-4-14(18)21/h2-4,6,12H,5,7-11H2,1H3. The monoisotopic (exact) mass is 332 g/mol. The lowest BCUT2D eigenvalue weighted by Gasteiger charge is -2.34. The lowest BCUT2D eigenvalue weighted by molar-refractivity contribution is -0.131. The highest BCUT2D eigenvalue weighted by Crippen LogP contribution is 2.21. The topological polar surface area (TPSA) is 58.4 Å². The molecule has 0 saturated carbocycles. The van der Waals surface area contributed by atoms with Gasteiger partial charge in [0.2, 0.25) is 5.91 Å². The molecule has 0 unspecified atom stereocenters. The molecule has 1 saturated heterocycles. The molecule has 3 rings (SSSR count). The number of carbonyl (C=O) groups is 1. The Balaban J connectivity index is 1.50. The number of piperazine rings is 1. The van der Waals surface area contributed by atoms with E-state index in [9.17, 15) is 9.59 Å². The summed E-state index contributed by atoms with van der Waals surface area (Å²) in [6.07, 6.45) is 2.08. The average molecular weight is 332 g/mol. The number of thiazole rings is 1. The molecule has 122 valence electrons. The molecule has 0 radical (unpaired) electrons. The molecule has 2 aromatic rings. The van der Waals surface area contributed by atoms with Crippen molar-refractivity contribution in [2.75, 3.05) is 31.1 Å². The van der Waals surface area contributed by atoms with Crippen LogP contribution in [0.3, 0.4) is 0 Å². The minimum absolute atomic E-state index is 0.0655. The first-order valence-electron chi connectivity index (χ1n) is 7.74. The Labute approximate surface area is 139 Å². The summed E-state index contributed by atoms with van der Waals surface area (Å²) in [5.74, 6) is 0.107. The summed E-state index contributed by atoms with van der Waals surface area (Å²) in [5, 5.41) is 3.08. The van der Waals surface area contributed by atoms with Crippen molar-refractivity contribution in [2.24, 2.45) is 0 Å². The second kappa shape index (κ2) is 6.95.